The zero-order valence-electron chi connectivity index (χ0n) is 15.8. The van der Waals surface area contributed by atoms with Crippen LogP contribution in [-0.2, 0) is 19.3 Å². The van der Waals surface area contributed by atoms with Crippen molar-refractivity contribution in [1.29, 1.82) is 0 Å². The molecule has 1 fully saturated rings. The van der Waals surface area contributed by atoms with E-state index in [1.54, 1.807) is 13.2 Å². The van der Waals surface area contributed by atoms with Gasteiger partial charge in [-0.05, 0) is 50.4 Å². The second kappa shape index (κ2) is 8.48. The van der Waals surface area contributed by atoms with Crippen molar-refractivity contribution in [1.82, 2.24) is 20.0 Å². The number of nitrogens with zero attached hydrogens (tertiary/aromatic N) is 3. The number of rotatable bonds is 7. The van der Waals surface area contributed by atoms with Gasteiger partial charge < -0.3 is 9.73 Å². The summed E-state index contributed by atoms with van der Waals surface area (Å²) in [6.45, 7) is 7.29. The van der Waals surface area contributed by atoms with Crippen LogP contribution in [0, 0.1) is 12.8 Å². The molecule has 2 aromatic rings. The maximum absolute atomic E-state index is 13.1. The standard InChI is InChI=1S/C19H27F3N4O/c1-14(12-26-18(19(20,21)22)10-15(2)24-26)11-23-16-5-7-25(8-6-16)13-17-4-3-9-27-17/h3-4,9-10,14,16,23H,5-8,11-13H2,1-2H3. The van der Waals surface area contributed by atoms with Crippen LogP contribution in [0.25, 0.3) is 0 Å². The van der Waals surface area contributed by atoms with E-state index in [1.165, 1.54) is 0 Å². The van der Waals surface area contributed by atoms with Crippen molar-refractivity contribution in [2.24, 2.45) is 5.92 Å². The van der Waals surface area contributed by atoms with Crippen LogP contribution in [0.5, 0.6) is 0 Å². The topological polar surface area (TPSA) is 46.2 Å². The van der Waals surface area contributed by atoms with Gasteiger partial charge in [-0.3, -0.25) is 9.58 Å². The Morgan fingerprint density at radius 3 is 2.70 bits per heavy atom. The molecule has 0 amide bonds. The Kier molecular flexibility index (Phi) is 6.26. The Morgan fingerprint density at radius 2 is 2.07 bits per heavy atom. The van der Waals surface area contributed by atoms with E-state index in [0.29, 0.717) is 18.3 Å². The summed E-state index contributed by atoms with van der Waals surface area (Å²) in [6.07, 6.45) is -0.615. The fourth-order valence-electron chi connectivity index (χ4n) is 3.56. The fraction of sp³-hybridized carbons (Fsp3) is 0.632. The number of hydrogen-bond donors (Lipinski definition) is 1. The Balaban J connectivity index is 1.42. The molecule has 0 radical (unpaired) electrons. The second-order valence-electron chi connectivity index (χ2n) is 7.49. The third kappa shape index (κ3) is 5.59. The molecular formula is C19H27F3N4O. The second-order valence-corrected chi connectivity index (χ2v) is 7.49. The van der Waals surface area contributed by atoms with Gasteiger partial charge in [0.1, 0.15) is 11.5 Å². The molecule has 1 aliphatic rings. The molecule has 3 heterocycles. The summed E-state index contributed by atoms with van der Waals surface area (Å²) in [4.78, 5) is 2.36. The number of piperidine rings is 1. The highest BCUT2D eigenvalue weighted by Crippen LogP contribution is 2.30. The summed E-state index contributed by atoms with van der Waals surface area (Å²) in [5.41, 5.74) is -0.274. The van der Waals surface area contributed by atoms with Gasteiger partial charge >= 0.3 is 6.18 Å². The van der Waals surface area contributed by atoms with Crippen molar-refractivity contribution < 1.29 is 17.6 Å². The van der Waals surface area contributed by atoms with Gasteiger partial charge in [0.05, 0.1) is 18.5 Å². The fourth-order valence-corrected chi connectivity index (χ4v) is 3.56. The first-order chi connectivity index (χ1) is 12.8. The van der Waals surface area contributed by atoms with E-state index in [9.17, 15) is 13.2 Å². The van der Waals surface area contributed by atoms with Crippen LogP contribution in [-0.4, -0.2) is 40.4 Å². The van der Waals surface area contributed by atoms with Gasteiger partial charge in [-0.15, -0.1) is 0 Å². The number of aryl methyl sites for hydroxylation is 1. The molecular weight excluding hydrogens is 357 g/mol. The van der Waals surface area contributed by atoms with Crippen molar-refractivity contribution in [3.8, 4) is 0 Å². The van der Waals surface area contributed by atoms with Gasteiger partial charge in [0.15, 0.2) is 0 Å². The molecule has 0 saturated carbocycles. The zero-order chi connectivity index (χ0) is 19.4. The molecule has 150 valence electrons. The molecule has 0 spiro atoms. The Morgan fingerprint density at radius 1 is 1.33 bits per heavy atom. The molecule has 27 heavy (non-hydrogen) atoms. The van der Waals surface area contributed by atoms with Gasteiger partial charge in [-0.25, -0.2) is 0 Å². The minimum Gasteiger partial charge on any atom is -0.468 e. The van der Waals surface area contributed by atoms with Crippen molar-refractivity contribution in [3.05, 3.63) is 41.6 Å². The molecule has 0 aromatic carbocycles. The van der Waals surface area contributed by atoms with Crippen LogP contribution in [0.3, 0.4) is 0 Å². The van der Waals surface area contributed by atoms with E-state index in [0.717, 1.165) is 49.0 Å². The molecule has 1 saturated heterocycles. The number of aromatic nitrogens is 2. The number of nitrogens with one attached hydrogen (secondary N) is 1. The lowest BCUT2D eigenvalue weighted by molar-refractivity contribution is -0.144. The van der Waals surface area contributed by atoms with E-state index in [2.05, 4.69) is 15.3 Å². The van der Waals surface area contributed by atoms with Gasteiger partial charge in [0, 0.05) is 25.7 Å². The van der Waals surface area contributed by atoms with E-state index in [1.807, 2.05) is 19.1 Å². The van der Waals surface area contributed by atoms with Crippen LogP contribution in [0.15, 0.2) is 28.9 Å². The average molecular weight is 384 g/mol. The molecule has 8 heteroatoms. The van der Waals surface area contributed by atoms with Crippen molar-refractivity contribution in [2.75, 3.05) is 19.6 Å². The van der Waals surface area contributed by atoms with E-state index >= 15 is 0 Å². The Bertz CT molecular complexity index is 703. The lowest BCUT2D eigenvalue weighted by Crippen LogP contribution is -2.43. The van der Waals surface area contributed by atoms with E-state index in [-0.39, 0.29) is 12.5 Å². The maximum atomic E-state index is 13.1. The largest absolute Gasteiger partial charge is 0.468 e. The number of likely N-dealkylation sites (tertiary alicyclic amines) is 1. The minimum absolute atomic E-state index is 0.0616. The predicted octanol–water partition coefficient (Wildman–Crippen LogP) is 3.69. The smallest absolute Gasteiger partial charge is 0.433 e. The predicted molar refractivity (Wildman–Crippen MR) is 96.1 cm³/mol. The Labute approximate surface area is 157 Å². The maximum Gasteiger partial charge on any atom is 0.433 e. The van der Waals surface area contributed by atoms with Gasteiger partial charge in [0.2, 0.25) is 0 Å². The first-order valence-electron chi connectivity index (χ1n) is 9.41. The lowest BCUT2D eigenvalue weighted by atomic mass is 10.0. The first-order valence-corrected chi connectivity index (χ1v) is 9.41. The summed E-state index contributed by atoms with van der Waals surface area (Å²) < 4.78 is 45.7. The summed E-state index contributed by atoms with van der Waals surface area (Å²) in [5.74, 6) is 1.04. The molecule has 0 aliphatic carbocycles. The van der Waals surface area contributed by atoms with Crippen LogP contribution in [0.4, 0.5) is 13.2 Å². The van der Waals surface area contributed by atoms with Crippen molar-refractivity contribution in [3.63, 3.8) is 0 Å². The average Bonchev–Trinajstić information content (AvgIpc) is 3.23. The van der Waals surface area contributed by atoms with Gasteiger partial charge in [-0.1, -0.05) is 6.92 Å². The van der Waals surface area contributed by atoms with Crippen LogP contribution in [0.1, 0.15) is 36.9 Å². The molecule has 2 aromatic heterocycles. The SMILES string of the molecule is Cc1cc(C(F)(F)F)n(CC(C)CNC2CCN(Cc3ccco3)CC2)n1. The van der Waals surface area contributed by atoms with Crippen LogP contribution < -0.4 is 5.32 Å². The molecule has 1 N–H and O–H groups in total. The van der Waals surface area contributed by atoms with E-state index in [4.69, 9.17) is 4.42 Å². The summed E-state index contributed by atoms with van der Waals surface area (Å²) in [7, 11) is 0. The molecule has 1 aliphatic heterocycles. The summed E-state index contributed by atoms with van der Waals surface area (Å²) >= 11 is 0. The first kappa shape index (κ1) is 19.9. The number of halogens is 3. The molecule has 5 nitrogen and oxygen atoms in total. The third-order valence-electron chi connectivity index (χ3n) is 4.98. The molecule has 0 bridgehead atoms. The van der Waals surface area contributed by atoms with Crippen LogP contribution in [0.2, 0.25) is 0 Å². The lowest BCUT2D eigenvalue weighted by Gasteiger charge is -2.32. The van der Waals surface area contributed by atoms with Crippen molar-refractivity contribution in [2.45, 2.75) is 52.0 Å². The van der Waals surface area contributed by atoms with Gasteiger partial charge in [0.25, 0.3) is 0 Å². The highest BCUT2D eigenvalue weighted by molar-refractivity contribution is 5.12. The summed E-state index contributed by atoms with van der Waals surface area (Å²) in [5, 5.41) is 7.52. The number of alkyl halides is 3. The number of hydrogen-bond acceptors (Lipinski definition) is 4. The molecule has 3 rings (SSSR count). The van der Waals surface area contributed by atoms with Crippen molar-refractivity contribution >= 4 is 0 Å². The third-order valence-corrected chi connectivity index (χ3v) is 4.98. The monoisotopic (exact) mass is 384 g/mol. The zero-order valence-corrected chi connectivity index (χ0v) is 15.8. The highest BCUT2D eigenvalue weighted by atomic mass is 19.4. The quantitative estimate of drug-likeness (QED) is 0.791. The Hall–Kier alpha value is -1.80. The van der Waals surface area contributed by atoms with Crippen LogP contribution >= 0.6 is 0 Å². The number of furan rings is 1. The molecule has 1 atom stereocenters. The normalized spacial score (nSPS) is 18.1. The highest BCUT2D eigenvalue weighted by Gasteiger charge is 2.35. The van der Waals surface area contributed by atoms with E-state index < -0.39 is 11.9 Å². The minimum atomic E-state index is -4.37. The summed E-state index contributed by atoms with van der Waals surface area (Å²) in [6, 6.07) is 5.39. The molecule has 1 unspecified atom stereocenters. The van der Waals surface area contributed by atoms with Gasteiger partial charge in [-0.2, -0.15) is 18.3 Å².